The Morgan fingerprint density at radius 3 is 2.10 bits per heavy atom. The van der Waals surface area contributed by atoms with Gasteiger partial charge in [-0.05, 0) is 51.1 Å². The second-order valence-electron chi connectivity index (χ2n) is 3.76. The maximum atomic E-state index is 12.3. The van der Waals surface area contributed by atoms with E-state index in [1.807, 2.05) is 12.1 Å². The van der Waals surface area contributed by atoms with Gasteiger partial charge >= 0.3 is 7.82 Å². The molecule has 5 nitrogen and oxygen atoms in total. The highest BCUT2D eigenvalue weighted by Crippen LogP contribution is 2.52. The summed E-state index contributed by atoms with van der Waals surface area (Å²) >= 11 is 0. The van der Waals surface area contributed by atoms with E-state index in [1.54, 1.807) is 46.1 Å². The normalized spacial score (nSPS) is 12.3. The minimum absolute atomic E-state index is 0.247. The maximum absolute atomic E-state index is 12.3. The van der Waals surface area contributed by atoms with E-state index >= 15 is 0 Å². The van der Waals surface area contributed by atoms with Crippen LogP contribution in [-0.4, -0.2) is 20.3 Å². The molecule has 0 fully saturated rings. The lowest BCUT2D eigenvalue weighted by Gasteiger charge is -2.19. The summed E-state index contributed by atoms with van der Waals surface area (Å²) in [5.74, 6) is 1.18. The molecule has 0 bridgehead atoms. The topological polar surface area (TPSA) is 54.0 Å². The molecule has 0 aromatic heterocycles. The summed E-state index contributed by atoms with van der Waals surface area (Å²) < 4.78 is 33.1. The van der Waals surface area contributed by atoms with E-state index in [4.69, 9.17) is 18.3 Å². The first-order valence-corrected chi connectivity index (χ1v) is 7.94. The Balaban J connectivity index is 2.92. The molecule has 0 saturated heterocycles. The quantitative estimate of drug-likeness (QED) is 0.530. The van der Waals surface area contributed by atoms with Crippen LogP contribution in [0, 0.1) is 0 Å². The Hall–Kier alpha value is -1.29. The summed E-state index contributed by atoms with van der Waals surface area (Å²) in [5.41, 5.74) is 0.771. The van der Waals surface area contributed by atoms with E-state index in [1.165, 1.54) is 0 Å². The van der Waals surface area contributed by atoms with Crippen molar-refractivity contribution in [2.75, 3.05) is 20.3 Å². The average Bonchev–Trinajstić information content (AvgIpc) is 2.45. The molecule has 0 amide bonds. The molecule has 0 spiro atoms. The van der Waals surface area contributed by atoms with Gasteiger partial charge in [0.1, 0.15) is 11.5 Å². The first-order valence-electron chi connectivity index (χ1n) is 6.48. The number of rotatable bonds is 8. The Morgan fingerprint density at radius 2 is 1.70 bits per heavy atom. The third kappa shape index (κ3) is 4.67. The van der Waals surface area contributed by atoms with E-state index in [0.29, 0.717) is 5.76 Å². The van der Waals surface area contributed by atoms with Crippen molar-refractivity contribution in [2.45, 2.75) is 20.8 Å². The molecule has 0 aliphatic heterocycles. The molecule has 0 aliphatic carbocycles. The van der Waals surface area contributed by atoms with Crippen molar-refractivity contribution in [1.82, 2.24) is 0 Å². The number of hydrogen-bond acceptors (Lipinski definition) is 5. The number of phosphoric acid groups is 1. The van der Waals surface area contributed by atoms with Gasteiger partial charge < -0.3 is 9.26 Å². The van der Waals surface area contributed by atoms with Gasteiger partial charge in [-0.15, -0.1) is 0 Å². The molecule has 0 saturated carbocycles. The molecule has 1 aromatic rings. The van der Waals surface area contributed by atoms with Crippen molar-refractivity contribution in [3.63, 3.8) is 0 Å². The molecule has 20 heavy (non-hydrogen) atoms. The second-order valence-corrected chi connectivity index (χ2v) is 5.35. The minimum atomic E-state index is -3.58. The van der Waals surface area contributed by atoms with Crippen LogP contribution in [0.5, 0.6) is 5.75 Å². The first-order chi connectivity index (χ1) is 9.58. The van der Waals surface area contributed by atoms with Crippen LogP contribution in [0.3, 0.4) is 0 Å². The molecule has 0 aliphatic rings. The highest BCUT2D eigenvalue weighted by molar-refractivity contribution is 7.48. The lowest BCUT2D eigenvalue weighted by atomic mass is 10.2. The Bertz CT molecular complexity index is 471. The van der Waals surface area contributed by atoms with Crippen molar-refractivity contribution >= 4 is 13.6 Å². The molecule has 0 radical (unpaired) electrons. The number of benzene rings is 1. The molecule has 1 aromatic carbocycles. The van der Waals surface area contributed by atoms with Gasteiger partial charge in [0.05, 0.1) is 20.3 Å². The van der Waals surface area contributed by atoms with Crippen LogP contribution in [0.25, 0.3) is 5.76 Å². The van der Waals surface area contributed by atoms with Crippen LogP contribution in [0.1, 0.15) is 26.3 Å². The number of ether oxygens (including phenoxy) is 1. The van der Waals surface area contributed by atoms with Gasteiger partial charge in [0, 0.05) is 5.56 Å². The number of methoxy groups -OCH3 is 1. The Labute approximate surface area is 120 Å². The fraction of sp³-hybridized carbons (Fsp3) is 0.429. The summed E-state index contributed by atoms with van der Waals surface area (Å²) in [6, 6.07) is 7.23. The summed E-state index contributed by atoms with van der Waals surface area (Å²) in [6.07, 6.45) is 1.71. The molecule has 1 rings (SSSR count). The fourth-order valence-electron chi connectivity index (χ4n) is 1.55. The minimum Gasteiger partial charge on any atom is -0.497 e. The van der Waals surface area contributed by atoms with Gasteiger partial charge in [-0.25, -0.2) is 4.57 Å². The fourth-order valence-corrected chi connectivity index (χ4v) is 2.82. The van der Waals surface area contributed by atoms with E-state index in [-0.39, 0.29) is 13.2 Å². The largest absolute Gasteiger partial charge is 0.530 e. The summed E-state index contributed by atoms with van der Waals surface area (Å²) in [4.78, 5) is 0. The van der Waals surface area contributed by atoms with Gasteiger partial charge in [-0.2, -0.15) is 0 Å². The number of hydrogen-bond donors (Lipinski definition) is 0. The zero-order valence-electron chi connectivity index (χ0n) is 12.3. The third-order valence-corrected chi connectivity index (χ3v) is 3.99. The van der Waals surface area contributed by atoms with E-state index < -0.39 is 7.82 Å². The van der Waals surface area contributed by atoms with E-state index in [0.717, 1.165) is 11.3 Å². The summed E-state index contributed by atoms with van der Waals surface area (Å²) in [7, 11) is -1.98. The zero-order valence-corrected chi connectivity index (χ0v) is 13.2. The predicted octanol–water partition coefficient (Wildman–Crippen LogP) is 4.25. The molecule has 0 N–H and O–H groups in total. The van der Waals surface area contributed by atoms with Crippen LogP contribution in [0.2, 0.25) is 0 Å². The molecule has 6 heteroatoms. The summed E-state index contributed by atoms with van der Waals surface area (Å²) in [5, 5.41) is 0. The maximum Gasteiger partial charge on any atom is 0.530 e. The van der Waals surface area contributed by atoms with Gasteiger partial charge in [0.25, 0.3) is 0 Å². The molecule has 112 valence electrons. The monoisotopic (exact) mass is 300 g/mol. The molecule has 0 heterocycles. The highest BCUT2D eigenvalue weighted by Gasteiger charge is 2.28. The lowest BCUT2D eigenvalue weighted by Crippen LogP contribution is -2.00. The van der Waals surface area contributed by atoms with E-state index in [9.17, 15) is 4.57 Å². The predicted molar refractivity (Wildman–Crippen MR) is 78.6 cm³/mol. The number of allylic oxidation sites excluding steroid dienone is 1. The Kier molecular flexibility index (Phi) is 6.79. The first kappa shape index (κ1) is 16.8. The smallest absolute Gasteiger partial charge is 0.497 e. The van der Waals surface area contributed by atoms with Crippen LogP contribution >= 0.6 is 7.82 Å². The van der Waals surface area contributed by atoms with Gasteiger partial charge in [0.15, 0.2) is 0 Å². The highest BCUT2D eigenvalue weighted by atomic mass is 31.2. The second kappa shape index (κ2) is 8.10. The van der Waals surface area contributed by atoms with Gasteiger partial charge in [-0.3, -0.25) is 9.05 Å². The lowest BCUT2D eigenvalue weighted by molar-refractivity contribution is 0.159. The number of phosphoric ester groups is 1. The van der Waals surface area contributed by atoms with E-state index in [2.05, 4.69) is 0 Å². The van der Waals surface area contributed by atoms with Crippen LogP contribution in [0.15, 0.2) is 30.3 Å². The van der Waals surface area contributed by atoms with Crippen molar-refractivity contribution in [3.05, 3.63) is 35.9 Å². The van der Waals surface area contributed by atoms with Crippen LogP contribution in [0.4, 0.5) is 0 Å². The zero-order chi connectivity index (χ0) is 15.0. The van der Waals surface area contributed by atoms with Gasteiger partial charge in [-0.1, -0.05) is 0 Å². The molecular formula is C14H21O5P. The van der Waals surface area contributed by atoms with Crippen molar-refractivity contribution in [1.29, 1.82) is 0 Å². The third-order valence-electron chi connectivity index (χ3n) is 2.42. The standard InChI is InChI=1S/C14H21O5P/c1-5-14(12-8-10-13(16-4)11-9-12)19-20(15,17-6-2)18-7-3/h5,8-11H,6-7H2,1-4H3/b14-5+. The van der Waals surface area contributed by atoms with Crippen LogP contribution < -0.4 is 4.74 Å². The van der Waals surface area contributed by atoms with Crippen LogP contribution in [-0.2, 0) is 18.1 Å². The molecule has 0 unspecified atom stereocenters. The van der Waals surface area contributed by atoms with Gasteiger partial charge in [0.2, 0.25) is 0 Å². The van der Waals surface area contributed by atoms with Crippen molar-refractivity contribution in [2.24, 2.45) is 0 Å². The summed E-state index contributed by atoms with van der Waals surface area (Å²) in [6.45, 7) is 5.76. The molecule has 0 atom stereocenters. The average molecular weight is 300 g/mol. The SMILES string of the molecule is C/C=C(/OP(=O)(OCC)OCC)c1ccc(OC)cc1. The Morgan fingerprint density at radius 1 is 1.15 bits per heavy atom. The molecular weight excluding hydrogens is 279 g/mol. The van der Waals surface area contributed by atoms with Crippen molar-refractivity contribution < 1.29 is 22.9 Å². The van der Waals surface area contributed by atoms with Crippen molar-refractivity contribution in [3.8, 4) is 5.75 Å².